The van der Waals surface area contributed by atoms with Crippen molar-refractivity contribution in [1.29, 1.82) is 0 Å². The van der Waals surface area contributed by atoms with E-state index in [-0.39, 0.29) is 5.91 Å². The summed E-state index contributed by atoms with van der Waals surface area (Å²) in [4.78, 5) is 16.2. The molecule has 0 aromatic heterocycles. The van der Waals surface area contributed by atoms with E-state index in [1.54, 1.807) is 0 Å². The van der Waals surface area contributed by atoms with Gasteiger partial charge in [-0.3, -0.25) is 9.79 Å². The molecule has 1 aliphatic heterocycles. The van der Waals surface area contributed by atoms with Gasteiger partial charge in [0.15, 0.2) is 0 Å². The van der Waals surface area contributed by atoms with Gasteiger partial charge in [-0.1, -0.05) is 26.2 Å². The summed E-state index contributed by atoms with van der Waals surface area (Å²) in [5.74, 6) is 2.32. The maximum atomic E-state index is 11.7. The van der Waals surface area contributed by atoms with Gasteiger partial charge in [-0.2, -0.15) is 0 Å². The van der Waals surface area contributed by atoms with Crippen LogP contribution in [0.2, 0.25) is 0 Å². The first-order valence-corrected chi connectivity index (χ1v) is 6.44. The SMILES string of the molecule is CCC1CCCC(C2=NC(C)(C)C(=O)N2)C1. The number of hydrogen-bond acceptors (Lipinski definition) is 2. The van der Waals surface area contributed by atoms with Gasteiger partial charge in [-0.05, 0) is 32.6 Å². The van der Waals surface area contributed by atoms with Gasteiger partial charge >= 0.3 is 0 Å². The Hall–Kier alpha value is -0.860. The predicted octanol–water partition coefficient (Wildman–Crippen LogP) is 2.51. The number of amides is 1. The second kappa shape index (κ2) is 4.19. The van der Waals surface area contributed by atoms with Crippen LogP contribution in [0.25, 0.3) is 0 Å². The quantitative estimate of drug-likeness (QED) is 0.766. The minimum Gasteiger partial charge on any atom is -0.312 e. The van der Waals surface area contributed by atoms with E-state index in [4.69, 9.17) is 0 Å². The molecule has 1 aliphatic carbocycles. The summed E-state index contributed by atoms with van der Waals surface area (Å²) in [6.45, 7) is 6.02. The third-order valence-electron chi connectivity index (χ3n) is 3.94. The molecule has 2 unspecified atom stereocenters. The Morgan fingerprint density at radius 3 is 2.75 bits per heavy atom. The molecule has 2 aliphatic rings. The van der Waals surface area contributed by atoms with Crippen molar-refractivity contribution in [3.8, 4) is 0 Å². The molecule has 1 amide bonds. The predicted molar refractivity (Wildman–Crippen MR) is 65.4 cm³/mol. The highest BCUT2D eigenvalue weighted by Crippen LogP contribution is 2.33. The van der Waals surface area contributed by atoms with Crippen LogP contribution in [0.15, 0.2) is 4.99 Å². The molecule has 0 saturated heterocycles. The summed E-state index contributed by atoms with van der Waals surface area (Å²) in [6.07, 6.45) is 6.26. The van der Waals surface area contributed by atoms with Gasteiger partial charge in [0.05, 0.1) is 0 Å². The minimum absolute atomic E-state index is 0.0566. The molecule has 2 rings (SSSR count). The van der Waals surface area contributed by atoms with E-state index < -0.39 is 5.54 Å². The molecule has 1 fully saturated rings. The molecule has 16 heavy (non-hydrogen) atoms. The normalized spacial score (nSPS) is 33.4. The third kappa shape index (κ3) is 2.13. The molecule has 3 nitrogen and oxygen atoms in total. The van der Waals surface area contributed by atoms with Crippen LogP contribution < -0.4 is 5.32 Å². The molecule has 0 spiro atoms. The summed E-state index contributed by atoms with van der Waals surface area (Å²) in [5, 5.41) is 2.97. The van der Waals surface area contributed by atoms with E-state index in [1.165, 1.54) is 32.1 Å². The van der Waals surface area contributed by atoms with Crippen molar-refractivity contribution in [3.05, 3.63) is 0 Å². The van der Waals surface area contributed by atoms with Crippen molar-refractivity contribution in [2.24, 2.45) is 16.8 Å². The molecule has 1 saturated carbocycles. The Bertz CT molecular complexity index is 320. The van der Waals surface area contributed by atoms with E-state index in [1.807, 2.05) is 13.8 Å². The van der Waals surface area contributed by atoms with Crippen LogP contribution in [0, 0.1) is 11.8 Å². The van der Waals surface area contributed by atoms with Crippen molar-refractivity contribution in [1.82, 2.24) is 5.32 Å². The van der Waals surface area contributed by atoms with E-state index in [0.717, 1.165) is 11.8 Å². The maximum absolute atomic E-state index is 11.7. The summed E-state index contributed by atoms with van der Waals surface area (Å²) >= 11 is 0. The molecular weight excluding hydrogens is 200 g/mol. The van der Waals surface area contributed by atoms with Crippen molar-refractivity contribution in [2.75, 3.05) is 0 Å². The molecule has 3 heteroatoms. The van der Waals surface area contributed by atoms with Crippen LogP contribution in [-0.4, -0.2) is 17.3 Å². The number of carbonyl (C=O) groups is 1. The fourth-order valence-electron chi connectivity index (χ4n) is 2.75. The zero-order valence-electron chi connectivity index (χ0n) is 10.5. The molecule has 0 bridgehead atoms. The maximum Gasteiger partial charge on any atom is 0.252 e. The average Bonchev–Trinajstić information content (AvgIpc) is 2.54. The number of nitrogens with one attached hydrogen (secondary N) is 1. The second-order valence-electron chi connectivity index (χ2n) is 5.65. The number of carbonyl (C=O) groups excluding carboxylic acids is 1. The van der Waals surface area contributed by atoms with E-state index >= 15 is 0 Å². The summed E-state index contributed by atoms with van der Waals surface area (Å²) in [7, 11) is 0. The number of hydrogen-bond donors (Lipinski definition) is 1. The van der Waals surface area contributed by atoms with Crippen molar-refractivity contribution < 1.29 is 4.79 Å². The van der Waals surface area contributed by atoms with Gasteiger partial charge in [-0.25, -0.2) is 0 Å². The first-order chi connectivity index (χ1) is 7.53. The first-order valence-electron chi connectivity index (χ1n) is 6.44. The Balaban J connectivity index is 2.06. The average molecular weight is 222 g/mol. The highest BCUT2D eigenvalue weighted by Gasteiger charge is 2.37. The minimum atomic E-state index is -0.547. The van der Waals surface area contributed by atoms with Gasteiger partial charge in [-0.15, -0.1) is 0 Å². The highest BCUT2D eigenvalue weighted by atomic mass is 16.2. The van der Waals surface area contributed by atoms with Gasteiger partial charge in [0.25, 0.3) is 5.91 Å². The molecular formula is C13H22N2O. The van der Waals surface area contributed by atoms with Gasteiger partial charge in [0.2, 0.25) is 0 Å². The highest BCUT2D eigenvalue weighted by molar-refractivity contribution is 6.08. The van der Waals surface area contributed by atoms with Crippen molar-refractivity contribution in [3.63, 3.8) is 0 Å². The van der Waals surface area contributed by atoms with E-state index in [0.29, 0.717) is 5.92 Å². The second-order valence-corrected chi connectivity index (χ2v) is 5.65. The van der Waals surface area contributed by atoms with Crippen molar-refractivity contribution in [2.45, 2.75) is 58.4 Å². The zero-order valence-corrected chi connectivity index (χ0v) is 10.5. The van der Waals surface area contributed by atoms with Crippen LogP contribution in [0.5, 0.6) is 0 Å². The number of rotatable bonds is 2. The molecule has 0 aromatic carbocycles. The lowest BCUT2D eigenvalue weighted by Gasteiger charge is -2.28. The van der Waals surface area contributed by atoms with Crippen LogP contribution >= 0.6 is 0 Å². The largest absolute Gasteiger partial charge is 0.312 e. The van der Waals surface area contributed by atoms with Crippen molar-refractivity contribution >= 4 is 11.7 Å². The van der Waals surface area contributed by atoms with Crippen LogP contribution in [0.4, 0.5) is 0 Å². The summed E-state index contributed by atoms with van der Waals surface area (Å²) < 4.78 is 0. The third-order valence-corrected chi connectivity index (χ3v) is 3.94. The smallest absolute Gasteiger partial charge is 0.252 e. The number of amidine groups is 1. The first kappa shape index (κ1) is 11.6. The zero-order chi connectivity index (χ0) is 11.8. The van der Waals surface area contributed by atoms with Gasteiger partial charge in [0, 0.05) is 5.92 Å². The van der Waals surface area contributed by atoms with Gasteiger partial charge in [0.1, 0.15) is 11.4 Å². The fraction of sp³-hybridized carbons (Fsp3) is 0.846. The topological polar surface area (TPSA) is 41.5 Å². The molecule has 2 atom stereocenters. The number of aliphatic imine (C=N–C) groups is 1. The van der Waals surface area contributed by atoms with Crippen LogP contribution in [-0.2, 0) is 4.79 Å². The standard InChI is InChI=1S/C13H22N2O/c1-4-9-6-5-7-10(8-9)11-14-12(16)13(2,3)15-11/h9-10H,4-8H2,1-3H3,(H,14,15,16). The van der Waals surface area contributed by atoms with E-state index in [9.17, 15) is 4.79 Å². The summed E-state index contributed by atoms with van der Waals surface area (Å²) in [6, 6.07) is 0. The Morgan fingerprint density at radius 1 is 1.44 bits per heavy atom. The number of nitrogens with zero attached hydrogens (tertiary/aromatic N) is 1. The Kier molecular flexibility index (Phi) is 3.04. The lowest BCUT2D eigenvalue weighted by Crippen LogP contribution is -2.37. The lowest BCUT2D eigenvalue weighted by molar-refractivity contribution is -0.122. The molecule has 1 N–H and O–H groups in total. The monoisotopic (exact) mass is 222 g/mol. The molecule has 90 valence electrons. The molecule has 0 aromatic rings. The Morgan fingerprint density at radius 2 is 2.19 bits per heavy atom. The molecule has 1 heterocycles. The van der Waals surface area contributed by atoms with Crippen LogP contribution in [0.3, 0.4) is 0 Å². The fourth-order valence-corrected chi connectivity index (χ4v) is 2.75. The Labute approximate surface area is 97.7 Å². The summed E-state index contributed by atoms with van der Waals surface area (Å²) in [5.41, 5.74) is -0.547. The van der Waals surface area contributed by atoms with Gasteiger partial charge < -0.3 is 5.32 Å². The lowest BCUT2D eigenvalue weighted by atomic mass is 9.79. The molecule has 0 radical (unpaired) electrons. The van der Waals surface area contributed by atoms with E-state index in [2.05, 4.69) is 17.2 Å². The van der Waals surface area contributed by atoms with Crippen LogP contribution in [0.1, 0.15) is 52.9 Å².